The Balaban J connectivity index is 1.32. The first-order valence-corrected chi connectivity index (χ1v) is 9.59. The van der Waals surface area contributed by atoms with Crippen LogP contribution in [0.25, 0.3) is 11.4 Å². The van der Waals surface area contributed by atoms with Gasteiger partial charge in [-0.3, -0.25) is 4.79 Å². The van der Waals surface area contributed by atoms with Gasteiger partial charge in [0, 0.05) is 5.56 Å². The lowest BCUT2D eigenvalue weighted by Crippen LogP contribution is -2.28. The summed E-state index contributed by atoms with van der Waals surface area (Å²) in [4.78, 5) is 16.5. The van der Waals surface area contributed by atoms with Crippen LogP contribution >= 0.6 is 0 Å². The van der Waals surface area contributed by atoms with Gasteiger partial charge in [0.1, 0.15) is 5.75 Å². The Hall–Kier alpha value is -3.15. The zero-order valence-corrected chi connectivity index (χ0v) is 15.9. The topological polar surface area (TPSA) is 77.2 Å². The number of fused-ring (bicyclic) bond motifs is 1. The molecule has 6 nitrogen and oxygen atoms in total. The number of rotatable bonds is 6. The zero-order chi connectivity index (χ0) is 19.3. The molecule has 0 aliphatic heterocycles. The highest BCUT2D eigenvalue weighted by molar-refractivity contribution is 5.77. The van der Waals surface area contributed by atoms with E-state index in [1.165, 1.54) is 24.0 Å². The molecule has 1 amide bonds. The maximum absolute atomic E-state index is 12.2. The van der Waals surface area contributed by atoms with Crippen molar-refractivity contribution in [3.05, 3.63) is 65.0 Å². The third kappa shape index (κ3) is 4.06. The first kappa shape index (κ1) is 18.2. The van der Waals surface area contributed by atoms with Crippen molar-refractivity contribution in [3.8, 4) is 17.1 Å². The first-order valence-electron chi connectivity index (χ1n) is 9.59. The van der Waals surface area contributed by atoms with Crippen molar-refractivity contribution in [3.63, 3.8) is 0 Å². The number of hydrogen-bond donors (Lipinski definition) is 1. The minimum atomic E-state index is -0.218. The molecule has 4 rings (SSSR count). The summed E-state index contributed by atoms with van der Waals surface area (Å²) in [6.07, 6.45) is 4.47. The molecule has 0 atom stereocenters. The molecule has 28 heavy (non-hydrogen) atoms. The van der Waals surface area contributed by atoms with Crippen LogP contribution in [0.3, 0.4) is 0 Å². The van der Waals surface area contributed by atoms with Gasteiger partial charge >= 0.3 is 0 Å². The van der Waals surface area contributed by atoms with Crippen molar-refractivity contribution in [1.29, 1.82) is 0 Å². The molecule has 2 aromatic carbocycles. The molecule has 0 bridgehead atoms. The molecule has 1 aromatic heterocycles. The van der Waals surface area contributed by atoms with E-state index >= 15 is 0 Å². The van der Waals surface area contributed by atoms with Crippen molar-refractivity contribution in [1.82, 2.24) is 15.5 Å². The zero-order valence-electron chi connectivity index (χ0n) is 15.9. The molecule has 0 saturated heterocycles. The summed E-state index contributed by atoms with van der Waals surface area (Å²) in [6, 6.07) is 13.9. The van der Waals surface area contributed by atoms with E-state index in [4.69, 9.17) is 9.26 Å². The summed E-state index contributed by atoms with van der Waals surface area (Å²) in [6.45, 7) is 2.13. The Morgan fingerprint density at radius 3 is 2.89 bits per heavy atom. The monoisotopic (exact) mass is 377 g/mol. The number of carbonyl (C=O) groups excluding carboxylic acids is 1. The van der Waals surface area contributed by atoms with Crippen LogP contribution in [0.1, 0.15) is 35.4 Å². The lowest BCUT2D eigenvalue weighted by atomic mass is 9.91. The fourth-order valence-corrected chi connectivity index (χ4v) is 3.51. The van der Waals surface area contributed by atoms with Gasteiger partial charge in [0.2, 0.25) is 11.7 Å². The lowest BCUT2D eigenvalue weighted by molar-refractivity contribution is -0.123. The molecule has 0 spiro atoms. The first-order chi connectivity index (χ1) is 13.7. The van der Waals surface area contributed by atoms with Crippen LogP contribution in [0, 0.1) is 6.92 Å². The number of nitrogens with one attached hydrogen (secondary N) is 1. The standard InChI is InChI=1S/C22H23N3O3/c1-15-7-2-4-10-17(15)22-24-21(28-25-22)13-23-20(26)14-27-19-12-6-9-16-8-3-5-11-18(16)19/h2,4,6-7,9-10,12H,3,5,8,11,13-14H2,1H3,(H,23,26). The largest absolute Gasteiger partial charge is 0.483 e. The SMILES string of the molecule is Cc1ccccc1-c1noc(CNC(=O)COc2cccc3c2CCCC3)n1. The van der Waals surface area contributed by atoms with Crippen molar-refractivity contribution in [2.75, 3.05) is 6.61 Å². The number of amides is 1. The Kier molecular flexibility index (Phi) is 5.37. The quantitative estimate of drug-likeness (QED) is 0.710. The Morgan fingerprint density at radius 2 is 2.00 bits per heavy atom. The smallest absolute Gasteiger partial charge is 0.258 e. The summed E-state index contributed by atoms with van der Waals surface area (Å²) < 4.78 is 11.0. The van der Waals surface area contributed by atoms with Gasteiger partial charge in [-0.05, 0) is 55.4 Å². The molecule has 0 fully saturated rings. The normalized spacial score (nSPS) is 13.0. The van der Waals surface area contributed by atoms with Crippen LogP contribution in [0.5, 0.6) is 5.75 Å². The van der Waals surface area contributed by atoms with Crippen LogP contribution in [0.15, 0.2) is 47.0 Å². The molecule has 1 aliphatic rings. The highest BCUT2D eigenvalue weighted by Gasteiger charge is 2.15. The molecule has 3 aromatic rings. The van der Waals surface area contributed by atoms with Crippen molar-refractivity contribution in [2.24, 2.45) is 0 Å². The second-order valence-corrected chi connectivity index (χ2v) is 6.99. The van der Waals surface area contributed by atoms with Gasteiger partial charge in [0.05, 0.1) is 6.54 Å². The molecule has 0 radical (unpaired) electrons. The highest BCUT2D eigenvalue weighted by Crippen LogP contribution is 2.29. The van der Waals surface area contributed by atoms with Crippen LogP contribution in [-0.4, -0.2) is 22.7 Å². The van der Waals surface area contributed by atoms with Crippen LogP contribution in [-0.2, 0) is 24.2 Å². The molecule has 1 N–H and O–H groups in total. The van der Waals surface area contributed by atoms with E-state index in [-0.39, 0.29) is 19.1 Å². The second kappa shape index (κ2) is 8.25. The Bertz CT molecular complexity index is 981. The minimum Gasteiger partial charge on any atom is -0.483 e. The highest BCUT2D eigenvalue weighted by atomic mass is 16.5. The number of ether oxygens (including phenoxy) is 1. The number of aryl methyl sites for hydroxylation is 2. The van der Waals surface area contributed by atoms with Crippen molar-refractivity contribution in [2.45, 2.75) is 39.2 Å². The van der Waals surface area contributed by atoms with Crippen LogP contribution < -0.4 is 10.1 Å². The fraction of sp³-hybridized carbons (Fsp3) is 0.318. The Labute approximate surface area is 163 Å². The summed E-state index contributed by atoms with van der Waals surface area (Å²) >= 11 is 0. The van der Waals surface area contributed by atoms with E-state index in [0.717, 1.165) is 29.7 Å². The van der Waals surface area contributed by atoms with E-state index in [0.29, 0.717) is 11.7 Å². The van der Waals surface area contributed by atoms with Gasteiger partial charge in [-0.15, -0.1) is 0 Å². The summed E-state index contributed by atoms with van der Waals surface area (Å²) in [5, 5.41) is 6.77. The van der Waals surface area contributed by atoms with Crippen LogP contribution in [0.4, 0.5) is 0 Å². The fourth-order valence-electron chi connectivity index (χ4n) is 3.51. The predicted molar refractivity (Wildman–Crippen MR) is 105 cm³/mol. The second-order valence-electron chi connectivity index (χ2n) is 6.99. The molecule has 1 aliphatic carbocycles. The van der Waals surface area contributed by atoms with Gasteiger partial charge in [-0.1, -0.05) is 41.6 Å². The van der Waals surface area contributed by atoms with E-state index in [1.54, 1.807) is 0 Å². The summed E-state index contributed by atoms with van der Waals surface area (Å²) in [7, 11) is 0. The number of hydrogen-bond acceptors (Lipinski definition) is 5. The molecule has 0 saturated carbocycles. The summed E-state index contributed by atoms with van der Waals surface area (Å²) in [5.74, 6) is 1.48. The van der Waals surface area contributed by atoms with E-state index in [2.05, 4.69) is 21.5 Å². The number of carbonyl (C=O) groups is 1. The number of benzene rings is 2. The molecule has 0 unspecified atom stereocenters. The van der Waals surface area contributed by atoms with Crippen molar-refractivity contribution >= 4 is 5.91 Å². The Morgan fingerprint density at radius 1 is 1.14 bits per heavy atom. The average molecular weight is 377 g/mol. The lowest BCUT2D eigenvalue weighted by Gasteiger charge is -2.19. The van der Waals surface area contributed by atoms with E-state index in [9.17, 15) is 4.79 Å². The van der Waals surface area contributed by atoms with Crippen LogP contribution in [0.2, 0.25) is 0 Å². The van der Waals surface area contributed by atoms with Gasteiger partial charge in [-0.2, -0.15) is 4.98 Å². The number of nitrogens with zero attached hydrogens (tertiary/aromatic N) is 2. The number of aromatic nitrogens is 2. The third-order valence-corrected chi connectivity index (χ3v) is 5.00. The van der Waals surface area contributed by atoms with Gasteiger partial charge in [0.15, 0.2) is 6.61 Å². The van der Waals surface area contributed by atoms with Gasteiger partial charge in [-0.25, -0.2) is 0 Å². The predicted octanol–water partition coefficient (Wildman–Crippen LogP) is 3.62. The van der Waals surface area contributed by atoms with Crippen molar-refractivity contribution < 1.29 is 14.1 Å². The van der Waals surface area contributed by atoms with E-state index < -0.39 is 0 Å². The van der Waals surface area contributed by atoms with E-state index in [1.807, 2.05) is 43.3 Å². The van der Waals surface area contributed by atoms with Gasteiger partial charge in [0.25, 0.3) is 5.91 Å². The average Bonchev–Trinajstić information content (AvgIpc) is 3.20. The molecule has 144 valence electrons. The molecule has 1 heterocycles. The molecular formula is C22H23N3O3. The molecule has 6 heteroatoms. The minimum absolute atomic E-state index is 0.0325. The maximum atomic E-state index is 12.2. The summed E-state index contributed by atoms with van der Waals surface area (Å²) in [5.41, 5.74) is 4.56. The van der Waals surface area contributed by atoms with Gasteiger partial charge < -0.3 is 14.6 Å². The maximum Gasteiger partial charge on any atom is 0.258 e. The molecular weight excluding hydrogens is 354 g/mol. The third-order valence-electron chi connectivity index (χ3n) is 5.00.